The summed E-state index contributed by atoms with van der Waals surface area (Å²) in [5, 5.41) is 2.57. The third-order valence-electron chi connectivity index (χ3n) is 3.60. The van der Waals surface area contributed by atoms with Gasteiger partial charge in [0.25, 0.3) is 5.91 Å². The van der Waals surface area contributed by atoms with E-state index in [0.29, 0.717) is 11.3 Å². The maximum absolute atomic E-state index is 13.6. The minimum atomic E-state index is -1.10. The van der Waals surface area contributed by atoms with Crippen LogP contribution in [0.4, 0.5) is 10.1 Å². The Morgan fingerprint density at radius 2 is 1.65 bits per heavy atom. The molecule has 2 aromatic rings. The molecular weight excluding hydrogens is 341 g/mol. The lowest BCUT2D eigenvalue weighted by atomic mass is 10.1. The van der Waals surface area contributed by atoms with E-state index >= 15 is 0 Å². The SMILES string of the molecule is COc1ccc(C(=O)OC(C)C(=O)Nc2ccc(C(C)=O)cc2)cc1F. The molecule has 0 bridgehead atoms. The number of ether oxygens (including phenoxy) is 2. The van der Waals surface area contributed by atoms with Crippen LogP contribution in [0.5, 0.6) is 5.75 Å². The minimum absolute atomic E-state index is 0.00125. The van der Waals surface area contributed by atoms with Crippen LogP contribution in [0.15, 0.2) is 42.5 Å². The fourth-order valence-electron chi connectivity index (χ4n) is 2.11. The van der Waals surface area contributed by atoms with Gasteiger partial charge in [0.05, 0.1) is 12.7 Å². The molecule has 0 radical (unpaired) electrons. The Morgan fingerprint density at radius 1 is 1.04 bits per heavy atom. The number of nitrogens with one attached hydrogen (secondary N) is 1. The largest absolute Gasteiger partial charge is 0.494 e. The number of ketones is 1. The average molecular weight is 359 g/mol. The topological polar surface area (TPSA) is 81.7 Å². The number of halogens is 1. The van der Waals surface area contributed by atoms with Crippen molar-refractivity contribution >= 4 is 23.3 Å². The summed E-state index contributed by atoms with van der Waals surface area (Å²) < 4.78 is 23.5. The van der Waals surface area contributed by atoms with Gasteiger partial charge in [-0.1, -0.05) is 0 Å². The van der Waals surface area contributed by atoms with Crippen molar-refractivity contribution in [3.8, 4) is 5.75 Å². The van der Waals surface area contributed by atoms with Crippen LogP contribution in [0.1, 0.15) is 34.6 Å². The van der Waals surface area contributed by atoms with Gasteiger partial charge in [0.2, 0.25) is 0 Å². The van der Waals surface area contributed by atoms with E-state index in [0.717, 1.165) is 6.07 Å². The first kappa shape index (κ1) is 19.1. The van der Waals surface area contributed by atoms with E-state index in [1.165, 1.54) is 33.1 Å². The van der Waals surface area contributed by atoms with Crippen molar-refractivity contribution in [1.29, 1.82) is 0 Å². The maximum Gasteiger partial charge on any atom is 0.339 e. The number of anilines is 1. The monoisotopic (exact) mass is 359 g/mol. The maximum atomic E-state index is 13.6. The summed E-state index contributed by atoms with van der Waals surface area (Å²) in [4.78, 5) is 35.4. The van der Waals surface area contributed by atoms with E-state index in [1.54, 1.807) is 24.3 Å². The molecule has 0 saturated carbocycles. The third-order valence-corrected chi connectivity index (χ3v) is 3.60. The van der Waals surface area contributed by atoms with Crippen LogP contribution in [0, 0.1) is 5.82 Å². The number of Topliss-reactive ketones (excluding diaryl/α,β-unsaturated/α-hetero) is 1. The molecule has 1 unspecified atom stereocenters. The first-order valence-electron chi connectivity index (χ1n) is 7.78. The van der Waals surface area contributed by atoms with Crippen LogP contribution in [0.3, 0.4) is 0 Å². The molecule has 6 nitrogen and oxygen atoms in total. The fourth-order valence-corrected chi connectivity index (χ4v) is 2.11. The highest BCUT2D eigenvalue weighted by Gasteiger charge is 2.20. The van der Waals surface area contributed by atoms with Crippen molar-refractivity contribution in [2.45, 2.75) is 20.0 Å². The van der Waals surface area contributed by atoms with Gasteiger partial charge in [-0.2, -0.15) is 0 Å². The van der Waals surface area contributed by atoms with E-state index in [2.05, 4.69) is 5.32 Å². The summed E-state index contributed by atoms with van der Waals surface area (Å²) in [6.45, 7) is 2.84. The summed E-state index contributed by atoms with van der Waals surface area (Å²) in [5.41, 5.74) is 0.941. The van der Waals surface area contributed by atoms with Crippen molar-refractivity contribution < 1.29 is 28.2 Å². The molecule has 1 N–H and O–H groups in total. The van der Waals surface area contributed by atoms with Crippen LogP contribution in [0.25, 0.3) is 0 Å². The standard InChI is InChI=1S/C19H18FNO5/c1-11(22)13-4-7-15(8-5-13)21-18(23)12(2)26-19(24)14-6-9-17(25-3)16(20)10-14/h4-10,12H,1-3H3,(H,21,23). The highest BCUT2D eigenvalue weighted by atomic mass is 19.1. The normalized spacial score (nSPS) is 11.4. The molecule has 0 aliphatic carbocycles. The number of rotatable bonds is 6. The molecule has 0 saturated heterocycles. The lowest BCUT2D eigenvalue weighted by molar-refractivity contribution is -0.123. The zero-order chi connectivity index (χ0) is 19.3. The van der Waals surface area contributed by atoms with Gasteiger partial charge >= 0.3 is 5.97 Å². The second-order valence-corrected chi connectivity index (χ2v) is 5.52. The zero-order valence-electron chi connectivity index (χ0n) is 14.5. The summed E-state index contributed by atoms with van der Waals surface area (Å²) in [5.74, 6) is -2.17. The average Bonchev–Trinajstić information content (AvgIpc) is 2.61. The number of methoxy groups -OCH3 is 1. The number of hydrogen-bond donors (Lipinski definition) is 1. The summed E-state index contributed by atoms with van der Waals surface area (Å²) in [6, 6.07) is 9.92. The number of esters is 1. The van der Waals surface area contributed by atoms with Crippen molar-refractivity contribution in [1.82, 2.24) is 0 Å². The Balaban J connectivity index is 1.98. The van der Waals surface area contributed by atoms with Gasteiger partial charge in [-0.3, -0.25) is 9.59 Å². The molecule has 2 aromatic carbocycles. The number of carbonyl (C=O) groups excluding carboxylic acids is 3. The summed E-state index contributed by atoms with van der Waals surface area (Å²) in [6.07, 6.45) is -1.10. The van der Waals surface area contributed by atoms with Crippen molar-refractivity contribution in [2.75, 3.05) is 12.4 Å². The predicted molar refractivity (Wildman–Crippen MR) is 92.9 cm³/mol. The van der Waals surface area contributed by atoms with Gasteiger partial charge in [0.15, 0.2) is 23.5 Å². The van der Waals surface area contributed by atoms with Gasteiger partial charge in [0.1, 0.15) is 0 Å². The Kier molecular flexibility index (Phi) is 6.06. The van der Waals surface area contributed by atoms with Gasteiger partial charge in [-0.15, -0.1) is 0 Å². The van der Waals surface area contributed by atoms with E-state index in [4.69, 9.17) is 9.47 Å². The van der Waals surface area contributed by atoms with Crippen LogP contribution in [-0.2, 0) is 9.53 Å². The molecule has 0 aromatic heterocycles. The molecule has 0 aliphatic rings. The molecule has 0 heterocycles. The van der Waals surface area contributed by atoms with Crippen molar-refractivity contribution in [3.05, 3.63) is 59.4 Å². The van der Waals surface area contributed by atoms with Gasteiger partial charge in [-0.25, -0.2) is 9.18 Å². The predicted octanol–water partition coefficient (Wildman–Crippen LogP) is 3.22. The number of amides is 1. The summed E-state index contributed by atoms with van der Waals surface area (Å²) >= 11 is 0. The zero-order valence-corrected chi connectivity index (χ0v) is 14.5. The molecule has 0 fully saturated rings. The molecular formula is C19H18FNO5. The Bertz CT molecular complexity index is 832. The molecule has 136 valence electrons. The first-order chi connectivity index (χ1) is 12.3. The van der Waals surface area contributed by atoms with Crippen LogP contribution >= 0.6 is 0 Å². The van der Waals surface area contributed by atoms with E-state index in [1.807, 2.05) is 0 Å². The molecule has 0 aliphatic heterocycles. The second-order valence-electron chi connectivity index (χ2n) is 5.52. The van der Waals surface area contributed by atoms with Crippen LogP contribution < -0.4 is 10.1 Å². The molecule has 1 atom stereocenters. The molecule has 2 rings (SSSR count). The van der Waals surface area contributed by atoms with Crippen molar-refractivity contribution in [2.24, 2.45) is 0 Å². The Labute approximate surface area is 149 Å². The van der Waals surface area contributed by atoms with Gasteiger partial charge in [0, 0.05) is 11.3 Å². The fraction of sp³-hybridized carbons (Fsp3) is 0.211. The Hall–Kier alpha value is -3.22. The van der Waals surface area contributed by atoms with E-state index < -0.39 is 23.8 Å². The molecule has 0 spiro atoms. The minimum Gasteiger partial charge on any atom is -0.494 e. The van der Waals surface area contributed by atoms with Gasteiger partial charge < -0.3 is 14.8 Å². The number of carbonyl (C=O) groups is 3. The van der Waals surface area contributed by atoms with Crippen molar-refractivity contribution in [3.63, 3.8) is 0 Å². The van der Waals surface area contributed by atoms with Gasteiger partial charge in [-0.05, 0) is 56.3 Å². The lowest BCUT2D eigenvalue weighted by Crippen LogP contribution is -2.30. The third kappa shape index (κ3) is 4.66. The lowest BCUT2D eigenvalue weighted by Gasteiger charge is -2.14. The molecule has 26 heavy (non-hydrogen) atoms. The van der Waals surface area contributed by atoms with Crippen LogP contribution in [0.2, 0.25) is 0 Å². The van der Waals surface area contributed by atoms with E-state index in [-0.39, 0.29) is 17.1 Å². The summed E-state index contributed by atoms with van der Waals surface area (Å²) in [7, 11) is 1.31. The Morgan fingerprint density at radius 3 is 2.19 bits per heavy atom. The highest BCUT2D eigenvalue weighted by molar-refractivity contribution is 5.98. The quantitative estimate of drug-likeness (QED) is 0.633. The second kappa shape index (κ2) is 8.24. The van der Waals surface area contributed by atoms with E-state index in [9.17, 15) is 18.8 Å². The molecule has 7 heteroatoms. The first-order valence-corrected chi connectivity index (χ1v) is 7.78. The highest BCUT2D eigenvalue weighted by Crippen LogP contribution is 2.19. The van der Waals surface area contributed by atoms with Crippen LogP contribution in [-0.4, -0.2) is 30.9 Å². The smallest absolute Gasteiger partial charge is 0.339 e. The number of benzene rings is 2. The number of hydrogen-bond acceptors (Lipinski definition) is 5. The molecule has 1 amide bonds.